The third kappa shape index (κ3) is 2.05. The molecule has 3 aromatic rings. The lowest BCUT2D eigenvalue weighted by molar-refractivity contribution is 0.415. The Balaban J connectivity index is 2.29. The highest BCUT2D eigenvalue weighted by Gasteiger charge is 2.13. The summed E-state index contributed by atoms with van der Waals surface area (Å²) >= 11 is 7.06. The molecule has 2 heterocycles. The number of aryl methyl sites for hydroxylation is 1. The van der Waals surface area contributed by atoms with Gasteiger partial charge in [-0.25, -0.2) is 4.98 Å². The van der Waals surface area contributed by atoms with Gasteiger partial charge in [-0.15, -0.1) is 11.3 Å². The molecule has 96 valence electrons. The first-order valence-electron chi connectivity index (χ1n) is 5.82. The molecular weight excluding hydrogens is 276 g/mol. The molecule has 1 N–H and O–H groups in total. The van der Waals surface area contributed by atoms with Crippen molar-refractivity contribution in [3.8, 4) is 16.9 Å². The minimum Gasteiger partial charge on any atom is -0.497 e. The smallest absolute Gasteiger partial charge is 0.128 e. The fraction of sp³-hybridized carbons (Fsp3) is 0.143. The van der Waals surface area contributed by atoms with Gasteiger partial charge in [0, 0.05) is 10.4 Å². The van der Waals surface area contributed by atoms with Gasteiger partial charge in [-0.2, -0.15) is 0 Å². The van der Waals surface area contributed by atoms with Crippen LogP contribution in [-0.2, 0) is 0 Å². The average molecular weight is 288 g/mol. The molecule has 0 saturated heterocycles. The zero-order chi connectivity index (χ0) is 13.4. The quantitative estimate of drug-likeness (QED) is 0.713. The van der Waals surface area contributed by atoms with E-state index in [1.165, 1.54) is 4.88 Å². The van der Waals surface area contributed by atoms with Gasteiger partial charge in [0.05, 0.1) is 18.8 Å². The Hall–Kier alpha value is -1.72. The molecule has 19 heavy (non-hydrogen) atoms. The van der Waals surface area contributed by atoms with Crippen LogP contribution in [0, 0.1) is 11.6 Å². The number of H-pyrrole nitrogens is 1. The summed E-state index contributed by atoms with van der Waals surface area (Å²) in [5, 5.41) is 1.03. The molecule has 3 rings (SSSR count). The standard InChI is InChI=1S/C14H12N2OS2/c1-8-11(9-3-5-10(17-2)6-4-9)12-13(18)15-7-16-14(12)19-8/h3-7H,1-2H3,(H,15,16,18). The summed E-state index contributed by atoms with van der Waals surface area (Å²) in [6.07, 6.45) is 1.65. The van der Waals surface area contributed by atoms with Crippen molar-refractivity contribution in [2.24, 2.45) is 0 Å². The first-order chi connectivity index (χ1) is 9.20. The highest BCUT2D eigenvalue weighted by Crippen LogP contribution is 2.37. The summed E-state index contributed by atoms with van der Waals surface area (Å²) in [7, 11) is 1.67. The first kappa shape index (κ1) is 12.3. The highest BCUT2D eigenvalue weighted by molar-refractivity contribution is 7.71. The van der Waals surface area contributed by atoms with Gasteiger partial charge in [0.2, 0.25) is 0 Å². The number of rotatable bonds is 2. The number of nitrogens with zero attached hydrogens (tertiary/aromatic N) is 1. The maximum Gasteiger partial charge on any atom is 0.128 e. The van der Waals surface area contributed by atoms with Crippen molar-refractivity contribution in [1.29, 1.82) is 0 Å². The summed E-state index contributed by atoms with van der Waals surface area (Å²) < 4.78 is 5.93. The van der Waals surface area contributed by atoms with E-state index in [4.69, 9.17) is 17.0 Å². The maximum atomic E-state index is 5.39. The number of benzene rings is 1. The van der Waals surface area contributed by atoms with Crippen molar-refractivity contribution >= 4 is 33.8 Å². The summed E-state index contributed by atoms with van der Waals surface area (Å²) in [6, 6.07) is 8.02. The lowest BCUT2D eigenvalue weighted by Crippen LogP contribution is -1.84. The average Bonchev–Trinajstić information content (AvgIpc) is 2.76. The zero-order valence-electron chi connectivity index (χ0n) is 10.6. The number of nitrogens with one attached hydrogen (secondary N) is 1. The van der Waals surface area contributed by atoms with Crippen molar-refractivity contribution in [2.75, 3.05) is 7.11 Å². The third-order valence-corrected chi connectivity index (χ3v) is 4.38. The molecule has 0 bridgehead atoms. The van der Waals surface area contributed by atoms with Crippen LogP contribution in [0.5, 0.6) is 5.75 Å². The number of thiophene rings is 1. The molecule has 0 aliphatic carbocycles. The Morgan fingerprint density at radius 1 is 1.26 bits per heavy atom. The number of methoxy groups -OCH3 is 1. The van der Waals surface area contributed by atoms with E-state index in [-0.39, 0.29) is 0 Å². The number of aromatic amines is 1. The number of hydrogen-bond acceptors (Lipinski definition) is 4. The Labute approximate surface area is 119 Å². The number of fused-ring (bicyclic) bond motifs is 1. The minimum absolute atomic E-state index is 0.736. The molecule has 0 spiro atoms. The molecular formula is C14H12N2OS2. The van der Waals surface area contributed by atoms with Crippen LogP contribution in [0.3, 0.4) is 0 Å². The Morgan fingerprint density at radius 2 is 2.00 bits per heavy atom. The van der Waals surface area contributed by atoms with Gasteiger partial charge >= 0.3 is 0 Å². The van der Waals surface area contributed by atoms with Gasteiger partial charge in [-0.1, -0.05) is 24.4 Å². The second kappa shape index (κ2) is 4.75. The van der Waals surface area contributed by atoms with Crippen LogP contribution in [0.25, 0.3) is 21.3 Å². The van der Waals surface area contributed by atoms with E-state index in [0.717, 1.165) is 31.7 Å². The number of ether oxygens (including phenoxy) is 1. The van der Waals surface area contributed by atoms with Crippen LogP contribution < -0.4 is 4.74 Å². The Kier molecular flexibility index (Phi) is 3.08. The molecule has 3 nitrogen and oxygen atoms in total. The number of aromatic nitrogens is 2. The Morgan fingerprint density at radius 3 is 2.68 bits per heavy atom. The van der Waals surface area contributed by atoms with E-state index in [9.17, 15) is 0 Å². The molecule has 0 unspecified atom stereocenters. The van der Waals surface area contributed by atoms with E-state index < -0.39 is 0 Å². The maximum absolute atomic E-state index is 5.39. The Bertz CT molecular complexity index is 787. The summed E-state index contributed by atoms with van der Waals surface area (Å²) in [6.45, 7) is 2.10. The van der Waals surface area contributed by atoms with E-state index in [2.05, 4.69) is 29.0 Å². The predicted molar refractivity (Wildman–Crippen MR) is 81.5 cm³/mol. The van der Waals surface area contributed by atoms with Crippen molar-refractivity contribution in [3.05, 3.63) is 40.1 Å². The second-order valence-corrected chi connectivity index (χ2v) is 5.79. The molecule has 1 aromatic carbocycles. The highest BCUT2D eigenvalue weighted by atomic mass is 32.1. The lowest BCUT2D eigenvalue weighted by atomic mass is 10.0. The van der Waals surface area contributed by atoms with Gasteiger partial charge in [0.1, 0.15) is 15.2 Å². The molecule has 0 amide bonds. The molecule has 0 fully saturated rings. The largest absolute Gasteiger partial charge is 0.497 e. The number of hydrogen-bond donors (Lipinski definition) is 1. The molecule has 0 atom stereocenters. The van der Waals surface area contributed by atoms with Gasteiger partial charge in [0.15, 0.2) is 0 Å². The topological polar surface area (TPSA) is 37.9 Å². The summed E-state index contributed by atoms with van der Waals surface area (Å²) in [4.78, 5) is 9.56. The third-order valence-electron chi connectivity index (χ3n) is 3.05. The van der Waals surface area contributed by atoms with E-state index >= 15 is 0 Å². The molecule has 0 aliphatic heterocycles. The van der Waals surface area contributed by atoms with Crippen LogP contribution >= 0.6 is 23.6 Å². The second-order valence-electron chi connectivity index (χ2n) is 4.17. The van der Waals surface area contributed by atoms with Gasteiger partial charge in [0.25, 0.3) is 0 Å². The van der Waals surface area contributed by atoms with Crippen LogP contribution in [0.15, 0.2) is 30.6 Å². The normalized spacial score (nSPS) is 10.8. The predicted octanol–water partition coefficient (Wildman–Crippen LogP) is 4.34. The van der Waals surface area contributed by atoms with Crippen molar-refractivity contribution in [2.45, 2.75) is 6.92 Å². The van der Waals surface area contributed by atoms with Crippen molar-refractivity contribution < 1.29 is 4.74 Å². The minimum atomic E-state index is 0.736. The van der Waals surface area contributed by atoms with Crippen LogP contribution in [0.1, 0.15) is 4.88 Å². The van der Waals surface area contributed by atoms with Crippen molar-refractivity contribution in [3.63, 3.8) is 0 Å². The molecule has 2 aromatic heterocycles. The summed E-state index contributed by atoms with van der Waals surface area (Å²) in [5.41, 5.74) is 2.30. The summed E-state index contributed by atoms with van der Waals surface area (Å²) in [5.74, 6) is 0.851. The fourth-order valence-electron chi connectivity index (χ4n) is 2.16. The zero-order valence-corrected chi connectivity index (χ0v) is 12.2. The van der Waals surface area contributed by atoms with Gasteiger partial charge < -0.3 is 9.72 Å². The molecule has 0 radical (unpaired) electrons. The first-order valence-corrected chi connectivity index (χ1v) is 7.04. The SMILES string of the molecule is COc1ccc(-c2c(C)sc3nc[nH]c(=S)c23)cc1. The molecule has 0 saturated carbocycles. The van der Waals surface area contributed by atoms with Crippen LogP contribution in [-0.4, -0.2) is 17.1 Å². The van der Waals surface area contributed by atoms with E-state index in [1.807, 2.05) is 12.1 Å². The van der Waals surface area contributed by atoms with E-state index in [0.29, 0.717) is 0 Å². The molecule has 5 heteroatoms. The van der Waals surface area contributed by atoms with Crippen molar-refractivity contribution in [1.82, 2.24) is 9.97 Å². The van der Waals surface area contributed by atoms with Gasteiger partial charge in [-0.3, -0.25) is 0 Å². The fourth-order valence-corrected chi connectivity index (χ4v) is 3.50. The van der Waals surface area contributed by atoms with E-state index in [1.54, 1.807) is 24.8 Å². The monoisotopic (exact) mass is 288 g/mol. The molecule has 0 aliphatic rings. The van der Waals surface area contributed by atoms with Crippen LogP contribution in [0.4, 0.5) is 0 Å². The lowest BCUT2D eigenvalue weighted by Gasteiger charge is -2.04. The van der Waals surface area contributed by atoms with Crippen LogP contribution in [0.2, 0.25) is 0 Å². The van der Waals surface area contributed by atoms with Gasteiger partial charge in [-0.05, 0) is 24.6 Å².